The molecule has 7 nitrogen and oxygen atoms in total. The van der Waals surface area contributed by atoms with Crippen LogP contribution in [-0.2, 0) is 6.42 Å². The fourth-order valence-corrected chi connectivity index (χ4v) is 4.44. The SMILES string of the molecule is CC1CCc2c(N3CC[C@@H]([C@H](C)N)C3)c(F)cc3c(=O)n(N)c(=O)n1c23. The van der Waals surface area contributed by atoms with Gasteiger partial charge in [-0.25, -0.2) is 9.18 Å². The van der Waals surface area contributed by atoms with Gasteiger partial charge in [-0.3, -0.25) is 9.36 Å². The molecule has 1 saturated heterocycles. The number of anilines is 1. The average molecular weight is 361 g/mol. The van der Waals surface area contributed by atoms with E-state index in [9.17, 15) is 9.59 Å². The van der Waals surface area contributed by atoms with Crippen LogP contribution in [0.25, 0.3) is 10.9 Å². The summed E-state index contributed by atoms with van der Waals surface area (Å²) < 4.78 is 17.2. The van der Waals surface area contributed by atoms with E-state index >= 15 is 4.39 Å². The van der Waals surface area contributed by atoms with Gasteiger partial charge in [0.05, 0.1) is 16.6 Å². The molecule has 0 saturated carbocycles. The standard InChI is InChI=1S/C18H24FN5O2/c1-9-3-4-12-15-13(17(25)24(21)18(26)23(9)15)7-14(19)16(12)22-6-5-11(8-22)10(2)20/h7,9-11H,3-6,8,20-21H2,1-2H3/t9?,10-,11+/m0/s1. The third kappa shape index (κ3) is 2.28. The summed E-state index contributed by atoms with van der Waals surface area (Å²) >= 11 is 0. The number of benzene rings is 1. The van der Waals surface area contributed by atoms with E-state index in [0.29, 0.717) is 41.2 Å². The van der Waals surface area contributed by atoms with Gasteiger partial charge in [-0.2, -0.15) is 4.68 Å². The number of hydrogen-bond acceptors (Lipinski definition) is 5. The van der Waals surface area contributed by atoms with Crippen molar-refractivity contribution in [1.82, 2.24) is 9.24 Å². The predicted octanol–water partition coefficient (Wildman–Crippen LogP) is 0.697. The Bertz CT molecular complexity index is 1010. The van der Waals surface area contributed by atoms with Gasteiger partial charge in [-0.05, 0) is 45.1 Å². The Balaban J connectivity index is 2.01. The zero-order valence-electron chi connectivity index (χ0n) is 15.0. The van der Waals surface area contributed by atoms with E-state index in [0.717, 1.165) is 18.5 Å². The third-order valence-corrected chi connectivity index (χ3v) is 5.96. The maximum absolute atomic E-state index is 15.1. The minimum Gasteiger partial charge on any atom is -0.369 e. The number of nitrogens with two attached hydrogens (primary N) is 2. The second-order valence-corrected chi connectivity index (χ2v) is 7.65. The largest absolute Gasteiger partial charge is 0.369 e. The Morgan fingerprint density at radius 1 is 1.31 bits per heavy atom. The lowest BCUT2D eigenvalue weighted by Crippen LogP contribution is -2.46. The highest BCUT2D eigenvalue weighted by molar-refractivity contribution is 5.88. The number of nitrogen functional groups attached to an aromatic ring is 1. The van der Waals surface area contributed by atoms with Gasteiger partial charge < -0.3 is 16.5 Å². The summed E-state index contributed by atoms with van der Waals surface area (Å²) in [5, 5.41) is 0.165. The molecule has 2 aliphatic heterocycles. The highest BCUT2D eigenvalue weighted by Crippen LogP contribution is 2.38. The van der Waals surface area contributed by atoms with Crippen molar-refractivity contribution in [2.24, 2.45) is 11.7 Å². The maximum atomic E-state index is 15.1. The molecular formula is C18H24FN5O2. The van der Waals surface area contributed by atoms with Crippen molar-refractivity contribution >= 4 is 16.6 Å². The number of hydrogen-bond donors (Lipinski definition) is 2. The first-order valence-electron chi connectivity index (χ1n) is 9.09. The van der Waals surface area contributed by atoms with Crippen LogP contribution in [0.4, 0.5) is 10.1 Å². The Morgan fingerprint density at radius 3 is 2.69 bits per heavy atom. The summed E-state index contributed by atoms with van der Waals surface area (Å²) in [4.78, 5) is 27.0. The van der Waals surface area contributed by atoms with Crippen LogP contribution in [0.15, 0.2) is 15.7 Å². The normalized spacial score (nSPS) is 23.6. The molecule has 26 heavy (non-hydrogen) atoms. The van der Waals surface area contributed by atoms with Crippen molar-refractivity contribution in [2.75, 3.05) is 23.8 Å². The van der Waals surface area contributed by atoms with E-state index in [4.69, 9.17) is 11.6 Å². The first-order valence-corrected chi connectivity index (χ1v) is 9.09. The second kappa shape index (κ2) is 5.84. The lowest BCUT2D eigenvalue weighted by molar-refractivity contribution is 0.467. The predicted molar refractivity (Wildman–Crippen MR) is 99.6 cm³/mol. The molecule has 4 N–H and O–H groups in total. The molecule has 2 aromatic rings. The van der Waals surface area contributed by atoms with Crippen LogP contribution in [-0.4, -0.2) is 28.4 Å². The molecule has 2 aliphatic rings. The summed E-state index contributed by atoms with van der Waals surface area (Å²) in [6, 6.07) is 1.18. The molecular weight excluding hydrogens is 337 g/mol. The fourth-order valence-electron chi connectivity index (χ4n) is 4.44. The minimum atomic E-state index is -0.656. The lowest BCUT2D eigenvalue weighted by atomic mass is 9.95. The molecule has 140 valence electrons. The van der Waals surface area contributed by atoms with E-state index in [-0.39, 0.29) is 17.5 Å². The van der Waals surface area contributed by atoms with Crippen molar-refractivity contribution in [1.29, 1.82) is 0 Å². The summed E-state index contributed by atoms with van der Waals surface area (Å²) in [7, 11) is 0. The number of aromatic nitrogens is 2. The van der Waals surface area contributed by atoms with Crippen molar-refractivity contribution in [3.8, 4) is 0 Å². The van der Waals surface area contributed by atoms with E-state index in [1.807, 2.05) is 18.7 Å². The Hall–Kier alpha value is -2.35. The zero-order valence-corrected chi connectivity index (χ0v) is 15.0. The van der Waals surface area contributed by atoms with Crippen LogP contribution in [0, 0.1) is 11.7 Å². The van der Waals surface area contributed by atoms with E-state index in [1.165, 1.54) is 10.6 Å². The molecule has 1 aromatic heterocycles. The molecule has 0 bridgehead atoms. The van der Waals surface area contributed by atoms with Crippen molar-refractivity contribution in [3.05, 3.63) is 38.3 Å². The van der Waals surface area contributed by atoms with Gasteiger partial charge in [0.25, 0.3) is 5.56 Å². The van der Waals surface area contributed by atoms with Crippen LogP contribution >= 0.6 is 0 Å². The lowest BCUT2D eigenvalue weighted by Gasteiger charge is -2.30. The monoisotopic (exact) mass is 361 g/mol. The van der Waals surface area contributed by atoms with Crippen LogP contribution < -0.4 is 27.7 Å². The molecule has 1 aromatic carbocycles. The highest BCUT2D eigenvalue weighted by Gasteiger charge is 2.32. The van der Waals surface area contributed by atoms with Crippen molar-refractivity contribution in [2.45, 2.75) is 45.2 Å². The molecule has 1 fully saturated rings. The maximum Gasteiger partial charge on any atom is 0.350 e. The van der Waals surface area contributed by atoms with Gasteiger partial charge in [0.1, 0.15) is 5.82 Å². The van der Waals surface area contributed by atoms with Gasteiger partial charge in [0.2, 0.25) is 0 Å². The van der Waals surface area contributed by atoms with Gasteiger partial charge in [0.15, 0.2) is 0 Å². The van der Waals surface area contributed by atoms with Crippen molar-refractivity contribution in [3.63, 3.8) is 0 Å². The van der Waals surface area contributed by atoms with Crippen molar-refractivity contribution < 1.29 is 4.39 Å². The Kier molecular flexibility index (Phi) is 3.83. The number of nitrogens with zero attached hydrogens (tertiary/aromatic N) is 3. The van der Waals surface area contributed by atoms with Gasteiger partial charge in [-0.1, -0.05) is 0 Å². The second-order valence-electron chi connectivity index (χ2n) is 7.65. The molecule has 4 rings (SSSR count). The average Bonchev–Trinajstić information content (AvgIpc) is 3.08. The quantitative estimate of drug-likeness (QED) is 0.767. The molecule has 0 aliphatic carbocycles. The third-order valence-electron chi connectivity index (χ3n) is 5.96. The van der Waals surface area contributed by atoms with Gasteiger partial charge in [0, 0.05) is 30.7 Å². The molecule has 1 unspecified atom stereocenters. The van der Waals surface area contributed by atoms with E-state index in [1.54, 1.807) is 0 Å². The summed E-state index contributed by atoms with van der Waals surface area (Å²) in [5.41, 5.74) is 6.59. The van der Waals surface area contributed by atoms with Crippen LogP contribution in [0.5, 0.6) is 0 Å². The van der Waals surface area contributed by atoms with E-state index < -0.39 is 17.1 Å². The number of aryl methyl sites for hydroxylation is 1. The highest BCUT2D eigenvalue weighted by atomic mass is 19.1. The van der Waals surface area contributed by atoms with Gasteiger partial charge >= 0.3 is 5.69 Å². The molecule has 3 heterocycles. The van der Waals surface area contributed by atoms with Gasteiger partial charge in [-0.15, -0.1) is 0 Å². The topological polar surface area (TPSA) is 99.3 Å². The smallest absolute Gasteiger partial charge is 0.350 e. The van der Waals surface area contributed by atoms with Crippen LogP contribution in [0.3, 0.4) is 0 Å². The first kappa shape index (κ1) is 17.1. The minimum absolute atomic E-state index is 0.0440. The first-order chi connectivity index (χ1) is 12.3. The molecule has 0 radical (unpaired) electrons. The zero-order chi connectivity index (χ0) is 18.7. The molecule has 3 atom stereocenters. The Labute approximate surface area is 150 Å². The summed E-state index contributed by atoms with van der Waals surface area (Å²) in [6.07, 6.45) is 2.22. The van der Waals surface area contributed by atoms with Crippen LogP contribution in [0.2, 0.25) is 0 Å². The molecule has 0 spiro atoms. The summed E-state index contributed by atoms with van der Waals surface area (Å²) in [5.74, 6) is 5.52. The Morgan fingerprint density at radius 2 is 2.04 bits per heavy atom. The van der Waals surface area contributed by atoms with E-state index in [2.05, 4.69) is 0 Å². The van der Waals surface area contributed by atoms with Crippen LogP contribution in [0.1, 0.15) is 38.3 Å². The molecule has 8 heteroatoms. The number of rotatable bonds is 2. The summed E-state index contributed by atoms with van der Waals surface area (Å²) in [6.45, 7) is 5.29. The fraction of sp³-hybridized carbons (Fsp3) is 0.556. The number of halogens is 1. The molecule has 0 amide bonds.